The summed E-state index contributed by atoms with van der Waals surface area (Å²) in [6.45, 7) is 0. The first kappa shape index (κ1) is 27.1. The van der Waals surface area contributed by atoms with Gasteiger partial charge in [0.15, 0.2) is 0 Å². The van der Waals surface area contributed by atoms with E-state index in [0.29, 0.717) is 0 Å². The van der Waals surface area contributed by atoms with Gasteiger partial charge in [0, 0.05) is 4.47 Å². The van der Waals surface area contributed by atoms with Crippen molar-refractivity contribution in [3.63, 3.8) is 0 Å². The van der Waals surface area contributed by atoms with Crippen molar-refractivity contribution >= 4 is 28.1 Å². The Morgan fingerprint density at radius 3 is 1.22 bits per heavy atom. The maximum atomic E-state index is 3.83. The molecule has 0 aromatic heterocycles. The average Bonchev–Trinajstić information content (AvgIpc) is 3.64. The molecule has 0 aliphatic heterocycles. The summed E-state index contributed by atoms with van der Waals surface area (Å²) in [5, 5.41) is 2.57. The van der Waals surface area contributed by atoms with Crippen LogP contribution in [0.5, 0.6) is 0 Å². The minimum absolute atomic E-state index is 0.408. The second kappa shape index (κ2) is 10.7. The van der Waals surface area contributed by atoms with Crippen LogP contribution < -0.4 is 10.4 Å². The second-order valence-electron chi connectivity index (χ2n) is 12.2. The molecule has 0 saturated carbocycles. The normalized spacial score (nSPS) is 13.4. The van der Waals surface area contributed by atoms with Gasteiger partial charge in [-0.05, 0) is 89.3 Å². The van der Waals surface area contributed by atoms with Crippen LogP contribution >= 0.6 is 15.9 Å². The SMILES string of the molecule is Brc1ccc2c(c1)C1(C=c3c(-c4ccccc4)c(-c4ccccc4)c(-c4ccccc4)c(-c4ccccc4)c3=C1)c1ccccc1-2. The first-order valence-corrected chi connectivity index (χ1v) is 16.6. The van der Waals surface area contributed by atoms with Gasteiger partial charge in [0.2, 0.25) is 0 Å². The quantitative estimate of drug-likeness (QED) is 0.178. The maximum absolute atomic E-state index is 3.83. The maximum Gasteiger partial charge on any atom is 0.0593 e. The summed E-state index contributed by atoms with van der Waals surface area (Å²) in [5.41, 5.74) is 14.8. The Kier molecular flexibility index (Phi) is 6.30. The number of fused-ring (bicyclic) bond motifs is 6. The van der Waals surface area contributed by atoms with Gasteiger partial charge in [0.05, 0.1) is 5.41 Å². The van der Waals surface area contributed by atoms with Gasteiger partial charge in [-0.3, -0.25) is 0 Å². The number of halogens is 1. The fraction of sp³-hybridized carbons (Fsp3) is 0.0222. The summed E-state index contributed by atoms with van der Waals surface area (Å²) < 4.78 is 1.10. The summed E-state index contributed by atoms with van der Waals surface area (Å²) in [4.78, 5) is 0. The van der Waals surface area contributed by atoms with E-state index in [2.05, 4.69) is 192 Å². The molecule has 2 aliphatic rings. The highest BCUT2D eigenvalue weighted by atomic mass is 79.9. The van der Waals surface area contributed by atoms with Gasteiger partial charge in [0.1, 0.15) is 0 Å². The monoisotopic (exact) mass is 648 g/mol. The minimum atomic E-state index is -0.408. The van der Waals surface area contributed by atoms with Crippen LogP contribution in [-0.2, 0) is 5.41 Å². The summed E-state index contributed by atoms with van der Waals surface area (Å²) >= 11 is 3.83. The zero-order valence-corrected chi connectivity index (χ0v) is 26.7. The molecule has 0 fully saturated rings. The molecule has 7 aromatic rings. The lowest BCUT2D eigenvalue weighted by atomic mass is 9.79. The molecule has 9 rings (SSSR count). The highest BCUT2D eigenvalue weighted by Gasteiger charge is 2.42. The van der Waals surface area contributed by atoms with Gasteiger partial charge >= 0.3 is 0 Å². The van der Waals surface area contributed by atoms with Gasteiger partial charge in [-0.1, -0.05) is 180 Å². The highest BCUT2D eigenvalue weighted by Crippen LogP contribution is 2.53. The number of hydrogen-bond acceptors (Lipinski definition) is 0. The van der Waals surface area contributed by atoms with Crippen molar-refractivity contribution in [1.82, 2.24) is 0 Å². The van der Waals surface area contributed by atoms with E-state index in [1.54, 1.807) is 0 Å². The number of hydrogen-bond donors (Lipinski definition) is 0. The zero-order chi connectivity index (χ0) is 30.7. The Morgan fingerprint density at radius 2 is 0.739 bits per heavy atom. The predicted octanol–water partition coefficient (Wildman–Crippen LogP) is 10.7. The summed E-state index contributed by atoms with van der Waals surface area (Å²) in [6.07, 6.45) is 5.13. The Labute approximate surface area is 277 Å². The van der Waals surface area contributed by atoms with Crippen molar-refractivity contribution in [2.75, 3.05) is 0 Å². The smallest absolute Gasteiger partial charge is 0.0593 e. The van der Waals surface area contributed by atoms with Crippen molar-refractivity contribution < 1.29 is 0 Å². The summed E-state index contributed by atoms with van der Waals surface area (Å²) in [5.74, 6) is 0. The van der Waals surface area contributed by atoms with E-state index in [-0.39, 0.29) is 0 Å². The molecule has 0 nitrogen and oxygen atoms in total. The van der Waals surface area contributed by atoms with E-state index in [1.807, 2.05) is 0 Å². The van der Waals surface area contributed by atoms with Crippen LogP contribution in [0.1, 0.15) is 11.1 Å². The molecular weight excluding hydrogens is 620 g/mol. The molecule has 0 heterocycles. The predicted molar refractivity (Wildman–Crippen MR) is 197 cm³/mol. The van der Waals surface area contributed by atoms with E-state index in [9.17, 15) is 0 Å². The molecule has 7 aromatic carbocycles. The van der Waals surface area contributed by atoms with Crippen LogP contribution in [-0.4, -0.2) is 0 Å². The van der Waals surface area contributed by atoms with Crippen LogP contribution in [0.2, 0.25) is 0 Å². The molecule has 1 heteroatoms. The minimum Gasteiger partial charge on any atom is -0.0622 e. The standard InChI is InChI=1S/C45H29Br/c46-34-25-26-36-35-23-13-14-24-39(35)45(40(36)27-34)28-37-38(29-45)42(31-17-7-2-8-18-31)44(33-21-11-4-12-22-33)43(32-19-9-3-10-20-32)41(37)30-15-5-1-6-16-30/h1-29H. The van der Waals surface area contributed by atoms with Crippen molar-refractivity contribution in [2.24, 2.45) is 0 Å². The Balaban J connectivity index is 1.55. The Bertz CT molecular complexity index is 2270. The van der Waals surface area contributed by atoms with E-state index in [0.717, 1.165) is 4.47 Å². The first-order valence-electron chi connectivity index (χ1n) is 15.8. The molecule has 0 amide bonds. The molecule has 0 atom stereocenters. The van der Waals surface area contributed by atoms with Gasteiger partial charge in [-0.15, -0.1) is 0 Å². The lowest BCUT2D eigenvalue weighted by Gasteiger charge is -2.23. The lowest BCUT2D eigenvalue weighted by molar-refractivity contribution is 0.960. The van der Waals surface area contributed by atoms with Crippen molar-refractivity contribution in [3.8, 4) is 55.6 Å². The molecule has 2 aliphatic carbocycles. The molecule has 0 saturated heterocycles. The fourth-order valence-electron chi connectivity index (χ4n) is 7.81. The lowest BCUT2D eigenvalue weighted by Crippen LogP contribution is -2.28. The molecule has 0 bridgehead atoms. The van der Waals surface area contributed by atoms with Crippen molar-refractivity contribution in [3.05, 3.63) is 190 Å². The van der Waals surface area contributed by atoms with E-state index in [1.165, 1.54) is 77.2 Å². The third-order valence-electron chi connectivity index (χ3n) is 9.66. The second-order valence-corrected chi connectivity index (χ2v) is 13.1. The fourth-order valence-corrected chi connectivity index (χ4v) is 8.17. The number of rotatable bonds is 4. The molecule has 216 valence electrons. The van der Waals surface area contributed by atoms with Crippen molar-refractivity contribution in [1.29, 1.82) is 0 Å². The molecule has 46 heavy (non-hydrogen) atoms. The van der Waals surface area contributed by atoms with Crippen LogP contribution in [0.3, 0.4) is 0 Å². The van der Waals surface area contributed by atoms with Crippen LogP contribution in [0.4, 0.5) is 0 Å². The van der Waals surface area contributed by atoms with Gasteiger partial charge in [-0.25, -0.2) is 0 Å². The highest BCUT2D eigenvalue weighted by molar-refractivity contribution is 9.10. The Hall–Kier alpha value is -5.24. The van der Waals surface area contributed by atoms with Gasteiger partial charge in [-0.2, -0.15) is 0 Å². The van der Waals surface area contributed by atoms with E-state index in [4.69, 9.17) is 0 Å². The molecular formula is C45H29Br. The van der Waals surface area contributed by atoms with Gasteiger partial charge in [0.25, 0.3) is 0 Å². The third kappa shape index (κ3) is 4.05. The van der Waals surface area contributed by atoms with Crippen LogP contribution in [0.25, 0.3) is 67.8 Å². The van der Waals surface area contributed by atoms with Crippen LogP contribution in [0.15, 0.2) is 168 Å². The molecule has 0 radical (unpaired) electrons. The molecule has 0 unspecified atom stereocenters. The van der Waals surface area contributed by atoms with Crippen LogP contribution in [0, 0.1) is 0 Å². The van der Waals surface area contributed by atoms with Crippen molar-refractivity contribution in [2.45, 2.75) is 5.41 Å². The molecule has 0 N–H and O–H groups in total. The van der Waals surface area contributed by atoms with E-state index < -0.39 is 5.41 Å². The van der Waals surface area contributed by atoms with Gasteiger partial charge < -0.3 is 0 Å². The summed E-state index contributed by atoms with van der Waals surface area (Å²) in [6, 6.07) is 59.6. The third-order valence-corrected chi connectivity index (χ3v) is 10.2. The summed E-state index contributed by atoms with van der Waals surface area (Å²) in [7, 11) is 0. The number of benzene rings is 7. The first-order chi connectivity index (χ1) is 22.7. The average molecular weight is 650 g/mol. The Morgan fingerprint density at radius 1 is 0.348 bits per heavy atom. The molecule has 1 spiro atoms. The topological polar surface area (TPSA) is 0 Å². The van der Waals surface area contributed by atoms with E-state index >= 15 is 0 Å². The zero-order valence-electron chi connectivity index (χ0n) is 25.1. The largest absolute Gasteiger partial charge is 0.0622 e.